The van der Waals surface area contributed by atoms with Crippen molar-refractivity contribution in [3.8, 4) is 0 Å². The maximum absolute atomic E-state index is 13.1. The Labute approximate surface area is 104 Å². The number of hydrogen-bond donors (Lipinski definition) is 3. The van der Waals surface area contributed by atoms with Gasteiger partial charge in [-0.3, -0.25) is 10.1 Å². The highest BCUT2D eigenvalue weighted by molar-refractivity contribution is 6.02. The fourth-order valence-corrected chi connectivity index (χ4v) is 1.88. The second kappa shape index (κ2) is 5.90. The predicted molar refractivity (Wildman–Crippen MR) is 63.7 cm³/mol. The molecule has 6 heteroatoms. The van der Waals surface area contributed by atoms with Crippen LogP contribution in [-0.2, 0) is 9.53 Å². The molecule has 0 aliphatic carbocycles. The summed E-state index contributed by atoms with van der Waals surface area (Å²) in [6, 6.07) is 3.66. The van der Waals surface area contributed by atoms with Crippen LogP contribution in [0.5, 0.6) is 0 Å². The number of rotatable bonds is 6. The van der Waals surface area contributed by atoms with Crippen LogP contribution in [0, 0.1) is 5.82 Å². The SMILES string of the molecule is O=C1Nc2ccc(F)cc2C1NCCOCCO. The number of amides is 1. The molecule has 3 N–H and O–H groups in total. The van der Waals surface area contributed by atoms with Gasteiger partial charge in [0.15, 0.2) is 0 Å². The lowest BCUT2D eigenvalue weighted by Crippen LogP contribution is -2.30. The molecule has 1 aliphatic heterocycles. The first-order chi connectivity index (χ1) is 8.72. The van der Waals surface area contributed by atoms with E-state index in [9.17, 15) is 9.18 Å². The first-order valence-electron chi connectivity index (χ1n) is 5.74. The van der Waals surface area contributed by atoms with Crippen LogP contribution < -0.4 is 10.6 Å². The van der Waals surface area contributed by atoms with E-state index in [4.69, 9.17) is 9.84 Å². The summed E-state index contributed by atoms with van der Waals surface area (Å²) in [5.74, 6) is -0.564. The van der Waals surface area contributed by atoms with E-state index >= 15 is 0 Å². The van der Waals surface area contributed by atoms with Gasteiger partial charge in [0.1, 0.15) is 11.9 Å². The van der Waals surface area contributed by atoms with Gasteiger partial charge in [-0.15, -0.1) is 0 Å². The summed E-state index contributed by atoms with van der Waals surface area (Å²) >= 11 is 0. The smallest absolute Gasteiger partial charge is 0.246 e. The van der Waals surface area contributed by atoms with Gasteiger partial charge >= 0.3 is 0 Å². The molecule has 0 spiro atoms. The van der Waals surface area contributed by atoms with Gasteiger partial charge in [0, 0.05) is 17.8 Å². The second-order valence-electron chi connectivity index (χ2n) is 3.94. The number of carbonyl (C=O) groups excluding carboxylic acids is 1. The van der Waals surface area contributed by atoms with Gasteiger partial charge in [0.2, 0.25) is 5.91 Å². The molecule has 98 valence electrons. The van der Waals surface area contributed by atoms with Crippen LogP contribution in [0.25, 0.3) is 0 Å². The molecule has 1 aliphatic rings. The lowest BCUT2D eigenvalue weighted by molar-refractivity contribution is -0.117. The standard InChI is InChI=1S/C12H15FN2O3/c13-8-1-2-10-9(7-8)11(12(17)15-10)14-3-5-18-6-4-16/h1-2,7,11,14,16H,3-6H2,(H,15,17). The van der Waals surface area contributed by atoms with Crippen LogP contribution in [0.15, 0.2) is 18.2 Å². The Morgan fingerprint density at radius 3 is 3.06 bits per heavy atom. The fourth-order valence-electron chi connectivity index (χ4n) is 1.88. The summed E-state index contributed by atoms with van der Waals surface area (Å²) in [6.45, 7) is 1.07. The van der Waals surface area contributed by atoms with Gasteiger partial charge in [-0.1, -0.05) is 0 Å². The van der Waals surface area contributed by atoms with Crippen molar-refractivity contribution in [2.75, 3.05) is 31.7 Å². The summed E-state index contributed by atoms with van der Waals surface area (Å²) in [5, 5.41) is 14.2. The van der Waals surface area contributed by atoms with Crippen molar-refractivity contribution in [2.24, 2.45) is 0 Å². The molecule has 0 bridgehead atoms. The molecule has 0 radical (unpaired) electrons. The van der Waals surface area contributed by atoms with Crippen molar-refractivity contribution in [1.29, 1.82) is 0 Å². The van der Waals surface area contributed by atoms with Crippen molar-refractivity contribution in [2.45, 2.75) is 6.04 Å². The van der Waals surface area contributed by atoms with Gasteiger partial charge < -0.3 is 15.2 Å². The van der Waals surface area contributed by atoms with E-state index < -0.39 is 6.04 Å². The van der Waals surface area contributed by atoms with Crippen molar-refractivity contribution in [3.05, 3.63) is 29.6 Å². The normalized spacial score (nSPS) is 17.7. The maximum Gasteiger partial charge on any atom is 0.246 e. The topological polar surface area (TPSA) is 70.6 Å². The van der Waals surface area contributed by atoms with Gasteiger partial charge in [0.25, 0.3) is 0 Å². The minimum atomic E-state index is -0.548. The van der Waals surface area contributed by atoms with E-state index in [1.807, 2.05) is 0 Å². The Balaban J connectivity index is 1.93. The summed E-state index contributed by atoms with van der Waals surface area (Å²) in [4.78, 5) is 11.7. The molecule has 0 fully saturated rings. The zero-order chi connectivity index (χ0) is 13.0. The monoisotopic (exact) mass is 254 g/mol. The Hall–Kier alpha value is -1.50. The van der Waals surface area contributed by atoms with Crippen molar-refractivity contribution >= 4 is 11.6 Å². The van der Waals surface area contributed by atoms with E-state index in [1.165, 1.54) is 12.1 Å². The zero-order valence-electron chi connectivity index (χ0n) is 9.78. The molecule has 1 heterocycles. The molecule has 2 rings (SSSR count). The lowest BCUT2D eigenvalue weighted by Gasteiger charge is -2.11. The van der Waals surface area contributed by atoms with Crippen molar-refractivity contribution in [1.82, 2.24) is 5.32 Å². The van der Waals surface area contributed by atoms with Crippen molar-refractivity contribution in [3.63, 3.8) is 0 Å². The number of hydrogen-bond acceptors (Lipinski definition) is 4. The molecule has 0 aromatic heterocycles. The van der Waals surface area contributed by atoms with Crippen LogP contribution in [-0.4, -0.2) is 37.4 Å². The number of carbonyl (C=O) groups is 1. The third-order valence-corrected chi connectivity index (χ3v) is 2.68. The second-order valence-corrected chi connectivity index (χ2v) is 3.94. The highest BCUT2D eigenvalue weighted by atomic mass is 19.1. The Morgan fingerprint density at radius 1 is 1.44 bits per heavy atom. The average Bonchev–Trinajstić information content (AvgIpc) is 2.65. The number of fused-ring (bicyclic) bond motifs is 1. The number of aliphatic hydroxyl groups excluding tert-OH is 1. The zero-order valence-corrected chi connectivity index (χ0v) is 9.78. The number of halogens is 1. The number of nitrogens with one attached hydrogen (secondary N) is 2. The van der Waals surface area contributed by atoms with E-state index in [0.717, 1.165) is 0 Å². The quantitative estimate of drug-likeness (QED) is 0.643. The summed E-state index contributed by atoms with van der Waals surface area (Å²) in [6.07, 6.45) is 0. The minimum absolute atomic E-state index is 0.0298. The van der Waals surface area contributed by atoms with Crippen LogP contribution >= 0.6 is 0 Å². The van der Waals surface area contributed by atoms with Gasteiger partial charge in [0.05, 0.1) is 19.8 Å². The van der Waals surface area contributed by atoms with Crippen LogP contribution in [0.4, 0.5) is 10.1 Å². The molecule has 1 aromatic rings. The molecule has 1 amide bonds. The molecule has 1 aromatic carbocycles. The Morgan fingerprint density at radius 2 is 2.28 bits per heavy atom. The van der Waals surface area contributed by atoms with Crippen LogP contribution in [0.3, 0.4) is 0 Å². The van der Waals surface area contributed by atoms with E-state index in [0.29, 0.717) is 24.4 Å². The first-order valence-corrected chi connectivity index (χ1v) is 5.74. The largest absolute Gasteiger partial charge is 0.394 e. The van der Waals surface area contributed by atoms with E-state index in [2.05, 4.69) is 10.6 Å². The summed E-state index contributed by atoms with van der Waals surface area (Å²) < 4.78 is 18.2. The Kier molecular flexibility index (Phi) is 4.24. The maximum atomic E-state index is 13.1. The molecular formula is C12H15FN2O3. The molecular weight excluding hydrogens is 239 g/mol. The lowest BCUT2D eigenvalue weighted by atomic mass is 10.1. The molecule has 0 saturated carbocycles. The van der Waals surface area contributed by atoms with Gasteiger partial charge in [-0.25, -0.2) is 4.39 Å². The minimum Gasteiger partial charge on any atom is -0.394 e. The summed E-state index contributed by atoms with van der Waals surface area (Å²) in [5.41, 5.74) is 1.25. The first kappa shape index (κ1) is 12.9. The predicted octanol–water partition coefficient (Wildman–Crippen LogP) is 0.417. The molecule has 1 atom stereocenters. The number of aliphatic hydroxyl groups is 1. The van der Waals surface area contributed by atoms with Gasteiger partial charge in [-0.2, -0.15) is 0 Å². The average molecular weight is 254 g/mol. The number of anilines is 1. The third kappa shape index (κ3) is 2.84. The number of benzene rings is 1. The molecule has 5 nitrogen and oxygen atoms in total. The van der Waals surface area contributed by atoms with Crippen LogP contribution in [0.1, 0.15) is 11.6 Å². The van der Waals surface area contributed by atoms with Gasteiger partial charge in [-0.05, 0) is 18.2 Å². The third-order valence-electron chi connectivity index (χ3n) is 2.68. The highest BCUT2D eigenvalue weighted by Crippen LogP contribution is 2.30. The summed E-state index contributed by atoms with van der Waals surface area (Å²) in [7, 11) is 0. The van der Waals surface area contributed by atoms with E-state index in [-0.39, 0.29) is 24.9 Å². The molecule has 1 unspecified atom stereocenters. The molecule has 0 saturated heterocycles. The number of ether oxygens (including phenoxy) is 1. The van der Waals surface area contributed by atoms with Crippen molar-refractivity contribution < 1.29 is 19.0 Å². The van der Waals surface area contributed by atoms with Crippen LogP contribution in [0.2, 0.25) is 0 Å². The highest BCUT2D eigenvalue weighted by Gasteiger charge is 2.30. The Bertz CT molecular complexity index is 439. The van der Waals surface area contributed by atoms with E-state index in [1.54, 1.807) is 6.07 Å². The fraction of sp³-hybridized carbons (Fsp3) is 0.417. The molecule has 18 heavy (non-hydrogen) atoms.